The van der Waals surface area contributed by atoms with Crippen LogP contribution in [0.5, 0.6) is 0 Å². The molecule has 138 valence electrons. The van der Waals surface area contributed by atoms with Crippen molar-refractivity contribution in [2.75, 3.05) is 25.0 Å². The van der Waals surface area contributed by atoms with E-state index in [1.165, 1.54) is 32.4 Å². The molecule has 0 amide bonds. The Kier molecular flexibility index (Phi) is 4.21. The number of nitrogens with one attached hydrogen (secondary N) is 1. The summed E-state index contributed by atoms with van der Waals surface area (Å²) in [6, 6.07) is 7.90. The number of aromatic nitrogens is 4. The molecule has 0 bridgehead atoms. The van der Waals surface area contributed by atoms with Gasteiger partial charge in [0.1, 0.15) is 17.4 Å². The van der Waals surface area contributed by atoms with Gasteiger partial charge in [-0.3, -0.25) is 4.68 Å². The van der Waals surface area contributed by atoms with Crippen LogP contribution >= 0.6 is 0 Å². The maximum Gasteiger partial charge on any atom is 0.196 e. The van der Waals surface area contributed by atoms with Crippen LogP contribution in [0.15, 0.2) is 47.4 Å². The van der Waals surface area contributed by atoms with Crippen molar-refractivity contribution < 1.29 is 4.42 Å². The van der Waals surface area contributed by atoms with E-state index in [0.29, 0.717) is 11.4 Å². The fraction of sp³-hybridized carbons (Fsp3) is 0.350. The van der Waals surface area contributed by atoms with Gasteiger partial charge >= 0.3 is 0 Å². The fourth-order valence-electron chi connectivity index (χ4n) is 3.73. The lowest BCUT2D eigenvalue weighted by atomic mass is 10.1. The SMILES string of the molecule is c1ccc2c(c1)oc1c(Nc3cnn(CCN4CCCCC4)c3)ncnc12. The smallest absolute Gasteiger partial charge is 0.196 e. The Morgan fingerprint density at radius 1 is 1.04 bits per heavy atom. The minimum absolute atomic E-state index is 0.659. The second kappa shape index (κ2) is 7.00. The Labute approximate surface area is 157 Å². The second-order valence-electron chi connectivity index (χ2n) is 7.02. The van der Waals surface area contributed by atoms with Crippen LogP contribution in [0.2, 0.25) is 0 Å². The molecule has 7 heteroatoms. The molecule has 0 spiro atoms. The molecular formula is C20H22N6O. The number of hydrogen-bond donors (Lipinski definition) is 1. The number of likely N-dealkylation sites (tertiary alicyclic amines) is 1. The molecule has 1 aromatic carbocycles. The summed E-state index contributed by atoms with van der Waals surface area (Å²) in [6.45, 7) is 4.35. The van der Waals surface area contributed by atoms with Crippen LogP contribution in [0.4, 0.5) is 11.5 Å². The molecule has 0 unspecified atom stereocenters. The summed E-state index contributed by atoms with van der Waals surface area (Å²) in [5.74, 6) is 0.659. The van der Waals surface area contributed by atoms with Gasteiger partial charge in [-0.25, -0.2) is 9.97 Å². The van der Waals surface area contributed by atoms with Crippen molar-refractivity contribution in [3.63, 3.8) is 0 Å². The van der Waals surface area contributed by atoms with E-state index in [9.17, 15) is 0 Å². The molecule has 1 N–H and O–H groups in total. The van der Waals surface area contributed by atoms with Crippen molar-refractivity contribution >= 4 is 33.6 Å². The minimum Gasteiger partial charge on any atom is -0.450 e. The summed E-state index contributed by atoms with van der Waals surface area (Å²) >= 11 is 0. The van der Waals surface area contributed by atoms with Gasteiger partial charge in [0.25, 0.3) is 0 Å². The molecule has 1 aliphatic rings. The zero-order valence-corrected chi connectivity index (χ0v) is 15.1. The third-order valence-electron chi connectivity index (χ3n) is 5.15. The van der Waals surface area contributed by atoms with Gasteiger partial charge in [0.05, 0.1) is 18.4 Å². The van der Waals surface area contributed by atoms with Crippen LogP contribution in [-0.4, -0.2) is 44.3 Å². The Hall–Kier alpha value is -2.93. The van der Waals surface area contributed by atoms with E-state index < -0.39 is 0 Å². The Balaban J connectivity index is 1.34. The fourth-order valence-corrected chi connectivity index (χ4v) is 3.73. The summed E-state index contributed by atoms with van der Waals surface area (Å²) < 4.78 is 7.95. The lowest BCUT2D eigenvalue weighted by Crippen LogP contribution is -2.32. The summed E-state index contributed by atoms with van der Waals surface area (Å²) in [5.41, 5.74) is 3.20. The number of para-hydroxylation sites is 1. The molecule has 0 radical (unpaired) electrons. The van der Waals surface area contributed by atoms with E-state index in [1.807, 2.05) is 41.3 Å². The van der Waals surface area contributed by atoms with Crippen molar-refractivity contribution in [1.29, 1.82) is 0 Å². The third kappa shape index (κ3) is 3.26. The zero-order chi connectivity index (χ0) is 18.1. The molecule has 0 atom stereocenters. The number of rotatable bonds is 5. The van der Waals surface area contributed by atoms with E-state index in [4.69, 9.17) is 4.42 Å². The van der Waals surface area contributed by atoms with Crippen LogP contribution in [-0.2, 0) is 6.54 Å². The number of benzene rings is 1. The predicted molar refractivity (Wildman–Crippen MR) is 105 cm³/mol. The monoisotopic (exact) mass is 362 g/mol. The molecule has 1 fully saturated rings. The Morgan fingerprint density at radius 3 is 2.85 bits per heavy atom. The predicted octanol–water partition coefficient (Wildman–Crippen LogP) is 3.80. The highest BCUT2D eigenvalue weighted by atomic mass is 16.3. The maximum absolute atomic E-state index is 5.97. The van der Waals surface area contributed by atoms with Gasteiger partial charge in [0, 0.05) is 18.1 Å². The highest BCUT2D eigenvalue weighted by molar-refractivity contribution is 6.05. The van der Waals surface area contributed by atoms with Gasteiger partial charge in [-0.05, 0) is 38.1 Å². The van der Waals surface area contributed by atoms with Crippen molar-refractivity contribution in [1.82, 2.24) is 24.6 Å². The number of furan rings is 1. The Bertz CT molecular complexity index is 1060. The summed E-state index contributed by atoms with van der Waals surface area (Å²) in [5, 5.41) is 8.79. The van der Waals surface area contributed by atoms with E-state index in [0.717, 1.165) is 35.3 Å². The first kappa shape index (κ1) is 16.3. The van der Waals surface area contributed by atoms with Gasteiger partial charge in [-0.2, -0.15) is 5.10 Å². The molecule has 3 aromatic heterocycles. The molecule has 5 rings (SSSR count). The molecule has 7 nitrogen and oxygen atoms in total. The van der Waals surface area contributed by atoms with Crippen LogP contribution in [0.3, 0.4) is 0 Å². The number of nitrogens with zero attached hydrogens (tertiary/aromatic N) is 5. The van der Waals surface area contributed by atoms with E-state index in [2.05, 4.69) is 25.3 Å². The number of piperidine rings is 1. The van der Waals surface area contributed by atoms with Crippen molar-refractivity contribution in [2.24, 2.45) is 0 Å². The van der Waals surface area contributed by atoms with Gasteiger partial charge < -0.3 is 14.6 Å². The minimum atomic E-state index is 0.659. The number of hydrogen-bond acceptors (Lipinski definition) is 6. The van der Waals surface area contributed by atoms with E-state index in [-0.39, 0.29) is 0 Å². The first-order chi connectivity index (χ1) is 13.4. The van der Waals surface area contributed by atoms with Crippen molar-refractivity contribution in [2.45, 2.75) is 25.8 Å². The topological polar surface area (TPSA) is 72.0 Å². The lowest BCUT2D eigenvalue weighted by molar-refractivity contribution is 0.218. The summed E-state index contributed by atoms with van der Waals surface area (Å²) in [7, 11) is 0. The third-order valence-corrected chi connectivity index (χ3v) is 5.15. The van der Waals surface area contributed by atoms with Gasteiger partial charge in [-0.15, -0.1) is 0 Å². The molecule has 4 heterocycles. The molecule has 27 heavy (non-hydrogen) atoms. The van der Waals surface area contributed by atoms with Crippen LogP contribution in [0, 0.1) is 0 Å². The summed E-state index contributed by atoms with van der Waals surface area (Å²) in [6.07, 6.45) is 9.39. The highest BCUT2D eigenvalue weighted by Crippen LogP contribution is 2.31. The van der Waals surface area contributed by atoms with Crippen LogP contribution < -0.4 is 5.32 Å². The van der Waals surface area contributed by atoms with Gasteiger partial charge in [-0.1, -0.05) is 18.6 Å². The molecule has 1 aliphatic heterocycles. The maximum atomic E-state index is 5.97. The van der Waals surface area contributed by atoms with E-state index >= 15 is 0 Å². The average molecular weight is 362 g/mol. The summed E-state index contributed by atoms with van der Waals surface area (Å²) in [4.78, 5) is 11.3. The van der Waals surface area contributed by atoms with Gasteiger partial charge in [0.2, 0.25) is 0 Å². The molecular weight excluding hydrogens is 340 g/mol. The quantitative estimate of drug-likeness (QED) is 0.582. The standard InChI is InChI=1S/C20H22N6O/c1-4-8-25(9-5-1)10-11-26-13-15(12-23-26)24-20-19-18(21-14-22-20)16-6-2-3-7-17(16)27-19/h2-3,6-7,12-14H,1,4-5,8-11H2,(H,21,22,24). The van der Waals surface area contributed by atoms with Crippen LogP contribution in [0.25, 0.3) is 22.1 Å². The van der Waals surface area contributed by atoms with Crippen LogP contribution in [0.1, 0.15) is 19.3 Å². The Morgan fingerprint density at radius 2 is 1.93 bits per heavy atom. The zero-order valence-electron chi connectivity index (χ0n) is 15.1. The molecule has 1 saturated heterocycles. The molecule has 0 aliphatic carbocycles. The van der Waals surface area contributed by atoms with Gasteiger partial charge in [0.15, 0.2) is 11.4 Å². The number of fused-ring (bicyclic) bond motifs is 3. The first-order valence-electron chi connectivity index (χ1n) is 9.51. The number of anilines is 2. The van der Waals surface area contributed by atoms with Crippen molar-refractivity contribution in [3.05, 3.63) is 43.0 Å². The highest BCUT2D eigenvalue weighted by Gasteiger charge is 2.14. The normalized spacial score (nSPS) is 15.6. The first-order valence-corrected chi connectivity index (χ1v) is 9.51. The second-order valence-corrected chi connectivity index (χ2v) is 7.02. The molecule has 0 saturated carbocycles. The van der Waals surface area contributed by atoms with E-state index in [1.54, 1.807) is 6.33 Å². The molecule has 4 aromatic rings. The largest absolute Gasteiger partial charge is 0.450 e. The average Bonchev–Trinajstić information content (AvgIpc) is 3.32. The van der Waals surface area contributed by atoms with Crippen molar-refractivity contribution in [3.8, 4) is 0 Å². The lowest BCUT2D eigenvalue weighted by Gasteiger charge is -2.26.